The summed E-state index contributed by atoms with van der Waals surface area (Å²) in [4.78, 5) is 90.5. The molecule has 2 N–H and O–H groups in total. The van der Waals surface area contributed by atoms with Gasteiger partial charge >= 0.3 is 30.0 Å². The molecule has 2 aromatic carbocycles. The second-order valence-corrected chi connectivity index (χ2v) is 36.2. The fourth-order valence-corrected chi connectivity index (χ4v) is 23.1. The zero-order chi connectivity index (χ0) is 62.9. The van der Waals surface area contributed by atoms with Crippen molar-refractivity contribution in [2.75, 3.05) is 13.7 Å². The normalized spacial score (nSPS) is 27.4. The molecule has 0 radical (unpaired) electrons. The maximum atomic E-state index is 16.9. The lowest BCUT2D eigenvalue weighted by atomic mass is 9.44. The van der Waals surface area contributed by atoms with Gasteiger partial charge in [-0.05, 0) is 116 Å². The highest BCUT2D eigenvalue weighted by atomic mass is 28.4. The Morgan fingerprint density at radius 2 is 1.51 bits per heavy atom. The summed E-state index contributed by atoms with van der Waals surface area (Å²) in [5.41, 5.74) is -7.40. The van der Waals surface area contributed by atoms with E-state index in [1.54, 1.807) is 78.8 Å². The number of ether oxygens (including phenoxy) is 7. The first-order valence-electron chi connectivity index (χ1n) is 29.9. The van der Waals surface area contributed by atoms with Crippen LogP contribution in [0.1, 0.15) is 158 Å². The lowest BCUT2D eigenvalue weighted by Gasteiger charge is -2.68. The Morgan fingerprint density at radius 1 is 0.893 bits per heavy atom. The minimum Gasteiger partial charge on any atom is -0.497 e. The number of carbonyl (C=O) groups is 6. The van der Waals surface area contributed by atoms with E-state index in [2.05, 4.69) is 60.0 Å². The molecule has 464 valence electrons. The number of alkyl carbamates (subject to hydrolysis) is 1. The van der Waals surface area contributed by atoms with E-state index in [1.807, 2.05) is 32.9 Å². The fraction of sp³-hybridized carbons (Fsp3) is 0.631. The van der Waals surface area contributed by atoms with Crippen molar-refractivity contribution in [2.24, 2.45) is 16.7 Å². The zero-order valence-corrected chi connectivity index (χ0v) is 55.1. The summed E-state index contributed by atoms with van der Waals surface area (Å²) < 4.78 is 59.5. The maximum absolute atomic E-state index is 16.9. The first kappa shape index (κ1) is 67.7. The lowest BCUT2D eigenvalue weighted by molar-refractivity contribution is -0.344. The number of esters is 4. The van der Waals surface area contributed by atoms with Crippen LogP contribution >= 0.6 is 0 Å². The summed E-state index contributed by atoms with van der Waals surface area (Å²) in [6.07, 6.45) is -6.94. The molecule has 3 aliphatic carbocycles. The molecule has 1 aliphatic heterocycles. The molecule has 19 heteroatoms. The van der Waals surface area contributed by atoms with Gasteiger partial charge in [-0.25, -0.2) is 19.2 Å². The van der Waals surface area contributed by atoms with E-state index in [1.165, 1.54) is 26.2 Å². The summed E-state index contributed by atoms with van der Waals surface area (Å²) >= 11 is 0. The number of methoxy groups -OCH3 is 1. The Hall–Kier alpha value is -5.45. The molecule has 1 saturated heterocycles. The van der Waals surface area contributed by atoms with Gasteiger partial charge in [0.1, 0.15) is 35.3 Å². The van der Waals surface area contributed by atoms with E-state index in [4.69, 9.17) is 42.0 Å². The van der Waals surface area contributed by atoms with Crippen LogP contribution in [0.15, 0.2) is 85.0 Å². The summed E-state index contributed by atoms with van der Waals surface area (Å²) in [7, 11) is -4.43. The molecule has 2 aromatic rings. The third-order valence-electron chi connectivity index (χ3n) is 19.2. The van der Waals surface area contributed by atoms with E-state index >= 15 is 14.4 Å². The van der Waals surface area contributed by atoms with Crippen molar-refractivity contribution in [1.82, 2.24) is 5.32 Å². The monoisotopic (exact) mass is 1200 g/mol. The number of allylic oxidation sites excluding steroid dienone is 1. The van der Waals surface area contributed by atoms with Crippen LogP contribution in [0.5, 0.6) is 5.75 Å². The maximum Gasteiger partial charge on any atom is 0.408 e. The molecular formula is C65H95NO16Si2. The molecule has 84 heavy (non-hydrogen) atoms. The summed E-state index contributed by atoms with van der Waals surface area (Å²) in [6, 6.07) is 14.3. The Kier molecular flexibility index (Phi) is 20.8. The molecule has 17 nitrogen and oxygen atoms in total. The average molecular weight is 1200 g/mol. The Labute approximate surface area is 500 Å². The van der Waals surface area contributed by atoms with Crippen molar-refractivity contribution in [3.63, 3.8) is 0 Å². The van der Waals surface area contributed by atoms with Crippen LogP contribution in [0, 0.1) is 16.7 Å². The molecule has 0 aromatic heterocycles. The molecule has 2 bridgehead atoms. The number of Topliss-reactive ketones (excluding diaryl/α,β-unsaturated/α-hetero) is 1. The van der Waals surface area contributed by atoms with Gasteiger partial charge in [-0.2, -0.15) is 0 Å². The van der Waals surface area contributed by atoms with Gasteiger partial charge in [0.25, 0.3) is 0 Å². The van der Waals surface area contributed by atoms with Gasteiger partial charge < -0.3 is 52.4 Å². The molecule has 6 rings (SSSR count). The second kappa shape index (κ2) is 25.9. The number of rotatable bonds is 23. The van der Waals surface area contributed by atoms with Crippen LogP contribution < -0.4 is 10.1 Å². The van der Waals surface area contributed by atoms with E-state index in [9.17, 15) is 19.5 Å². The third-order valence-corrected chi connectivity index (χ3v) is 29.9. The number of hydrogen-bond acceptors (Lipinski definition) is 16. The van der Waals surface area contributed by atoms with Crippen LogP contribution in [-0.2, 0) is 62.9 Å². The SMILES string of the molecule is C=CCc1ccccc1[C@H](NC(=O)OC(C)(C)C)[C@@H](O[Si](C(C)C)(C(C)C)C(C)C)C(=O)O[C@H]1C[C@@]2(O)[C@@H](OC(=O)c3cccc(OC)c3)[C@@H]3[C@]4(OC(=O)C=C)CO[C@@H]4C[C@H](O[Si](CC)(CC)CC)[C@@]3(C)C(=O)[C@H](OC(C)=O)C(=C1C)C2(C)C. The topological polar surface area (TPSA) is 218 Å². The standard InChI is InChI=1S/C65H95NO16Si2/c1-21-29-43-30-26-27-33-46(43)52(66-60(72)80-61(14,15)16)54(82-84(38(6)7,39(8)9)40(10)11)59(71)77-47-36-65(73)57(78-58(70)44-31-28-32-45(34-44)74-20)55-63(19,56(69)53(76-42(13)67)51(41(47)12)62(65,17)18)48(81-83(23-3,24-4)25-5)35-49-64(55,37-75-49)79-50(68)22-2/h21-22,26-28,30-34,38-40,47-49,52-55,57,73H,1-2,23-25,29,35-37H2,3-20H3,(H,66,72)/t47-,48-,49+,52-,53+,54+,55-,57-,63+,64-,65+/m0/s1. The lowest BCUT2D eigenvalue weighted by Crippen LogP contribution is -2.82. The van der Waals surface area contributed by atoms with Crippen molar-refractivity contribution in [1.29, 1.82) is 0 Å². The zero-order valence-electron chi connectivity index (χ0n) is 53.1. The number of carbonyl (C=O) groups excluding carboxylic acids is 6. The highest BCUT2D eigenvalue weighted by molar-refractivity contribution is 6.77. The van der Waals surface area contributed by atoms with Crippen LogP contribution in [0.2, 0.25) is 34.8 Å². The van der Waals surface area contributed by atoms with Gasteiger partial charge in [0, 0.05) is 31.3 Å². The van der Waals surface area contributed by atoms with Crippen molar-refractivity contribution in [2.45, 2.75) is 231 Å². The van der Waals surface area contributed by atoms with Crippen molar-refractivity contribution < 1.29 is 75.9 Å². The number of nitrogens with one attached hydrogen (secondary N) is 1. The van der Waals surface area contributed by atoms with Crippen molar-refractivity contribution in [3.8, 4) is 5.75 Å². The molecule has 3 fully saturated rings. The number of aliphatic hydroxyl groups is 1. The second-order valence-electron chi connectivity index (χ2n) is 26.1. The molecule has 2 saturated carbocycles. The smallest absolute Gasteiger partial charge is 0.408 e. The summed E-state index contributed by atoms with van der Waals surface area (Å²) in [5, 5.41) is 17.7. The van der Waals surface area contributed by atoms with Gasteiger partial charge in [0.05, 0.1) is 42.8 Å². The molecule has 0 spiro atoms. The van der Waals surface area contributed by atoms with E-state index in [-0.39, 0.29) is 46.4 Å². The molecule has 0 unspecified atom stereocenters. The Balaban J connectivity index is 1.73. The fourth-order valence-electron chi connectivity index (χ4n) is 14.6. The Bertz CT molecular complexity index is 2800. The number of hydrogen-bond donors (Lipinski definition) is 2. The van der Waals surface area contributed by atoms with Crippen LogP contribution in [0.4, 0.5) is 4.79 Å². The highest BCUT2D eigenvalue weighted by Gasteiger charge is 2.79. The van der Waals surface area contributed by atoms with Gasteiger partial charge in [0.15, 0.2) is 31.9 Å². The predicted octanol–water partition coefficient (Wildman–Crippen LogP) is 12.0. The first-order chi connectivity index (χ1) is 39.2. The van der Waals surface area contributed by atoms with Gasteiger partial charge in [0.2, 0.25) is 8.32 Å². The molecule has 11 atom stereocenters. The quantitative estimate of drug-likeness (QED) is 0.0347. The van der Waals surface area contributed by atoms with Crippen LogP contribution in [0.3, 0.4) is 0 Å². The molecule has 1 heterocycles. The summed E-state index contributed by atoms with van der Waals surface area (Å²) in [5.74, 6) is -5.44. The first-order valence-corrected chi connectivity index (χ1v) is 34.6. The van der Waals surface area contributed by atoms with Crippen molar-refractivity contribution >= 4 is 52.4 Å². The Morgan fingerprint density at radius 3 is 2.04 bits per heavy atom. The number of ketones is 1. The van der Waals surface area contributed by atoms with Gasteiger partial charge in [-0.3, -0.25) is 9.59 Å². The van der Waals surface area contributed by atoms with Gasteiger partial charge in [-0.15, -0.1) is 6.58 Å². The van der Waals surface area contributed by atoms with Gasteiger partial charge in [-0.1, -0.05) is 119 Å². The average Bonchev–Trinajstić information content (AvgIpc) is 0.677. The van der Waals surface area contributed by atoms with E-state index in [0.29, 0.717) is 35.9 Å². The van der Waals surface area contributed by atoms with E-state index < -0.39 is 135 Å². The summed E-state index contributed by atoms with van der Waals surface area (Å²) in [6.45, 7) is 39.0. The number of amides is 1. The third kappa shape index (κ3) is 12.4. The van der Waals surface area contributed by atoms with Crippen molar-refractivity contribution in [3.05, 3.63) is 102 Å². The predicted molar refractivity (Wildman–Crippen MR) is 324 cm³/mol. The number of benzene rings is 2. The van der Waals surface area contributed by atoms with E-state index in [0.717, 1.165) is 11.6 Å². The molecular weight excluding hydrogens is 1110 g/mol. The minimum absolute atomic E-state index is 0.0271. The number of fused-ring (bicyclic) bond motifs is 5. The molecule has 4 aliphatic rings. The highest BCUT2D eigenvalue weighted by Crippen LogP contribution is 2.65. The van der Waals surface area contributed by atoms with Crippen LogP contribution in [0.25, 0.3) is 0 Å². The van der Waals surface area contributed by atoms with Crippen LogP contribution in [-0.4, -0.2) is 125 Å². The minimum atomic E-state index is -3.15. The molecule has 1 amide bonds. The largest absolute Gasteiger partial charge is 0.497 e.